The molecule has 1 aromatic carbocycles. The Hall–Kier alpha value is -1.10. The van der Waals surface area contributed by atoms with Crippen LogP contribution in [0.25, 0.3) is 0 Å². The van der Waals surface area contributed by atoms with Crippen molar-refractivity contribution < 1.29 is 14.2 Å². The van der Waals surface area contributed by atoms with Crippen LogP contribution in [0.15, 0.2) is 24.3 Å². The van der Waals surface area contributed by atoms with Gasteiger partial charge in [-0.2, -0.15) is 0 Å². The molecule has 0 saturated carbocycles. The molecule has 0 aliphatic rings. The largest absolute Gasteiger partial charge is 0.491 e. The summed E-state index contributed by atoms with van der Waals surface area (Å²) in [6.45, 7) is 9.38. The minimum absolute atomic E-state index is 0.568. The Kier molecular flexibility index (Phi) is 10.8. The molecule has 1 rings (SSSR count). The molecule has 0 aromatic heterocycles. The maximum absolute atomic E-state index is 5.79. The summed E-state index contributed by atoms with van der Waals surface area (Å²) in [7, 11) is 0. The maximum atomic E-state index is 5.79. The zero-order valence-electron chi connectivity index (χ0n) is 13.4. The highest BCUT2D eigenvalue weighted by Crippen LogP contribution is 2.17. The predicted molar refractivity (Wildman–Crippen MR) is 85.9 cm³/mol. The Labute approximate surface area is 128 Å². The molecule has 0 heterocycles. The third-order valence-corrected chi connectivity index (χ3v) is 2.92. The van der Waals surface area contributed by atoms with Gasteiger partial charge >= 0.3 is 0 Å². The topological polar surface area (TPSA) is 39.7 Å². The standard InChI is InChI=1S/C17H29NO3/c1-3-9-18-15-16-7-5-6-8-17(16)21-14-13-20-12-11-19-10-4-2/h5-8,18H,3-4,9-15H2,1-2H3. The van der Waals surface area contributed by atoms with Crippen molar-refractivity contribution in [3.05, 3.63) is 29.8 Å². The van der Waals surface area contributed by atoms with Gasteiger partial charge in [-0.3, -0.25) is 0 Å². The highest BCUT2D eigenvalue weighted by atomic mass is 16.5. The van der Waals surface area contributed by atoms with Crippen molar-refractivity contribution in [3.8, 4) is 5.75 Å². The fraction of sp³-hybridized carbons (Fsp3) is 0.647. The molecule has 0 atom stereocenters. The first-order chi connectivity index (χ1) is 10.4. The molecule has 4 nitrogen and oxygen atoms in total. The van der Waals surface area contributed by atoms with Crippen molar-refractivity contribution in [2.45, 2.75) is 33.2 Å². The van der Waals surface area contributed by atoms with Crippen LogP contribution in [0.5, 0.6) is 5.75 Å². The van der Waals surface area contributed by atoms with Crippen LogP contribution in [0.3, 0.4) is 0 Å². The van der Waals surface area contributed by atoms with E-state index in [0.717, 1.165) is 38.3 Å². The molecule has 0 saturated heterocycles. The monoisotopic (exact) mass is 295 g/mol. The highest BCUT2D eigenvalue weighted by Gasteiger charge is 2.02. The third-order valence-electron chi connectivity index (χ3n) is 2.92. The lowest BCUT2D eigenvalue weighted by Crippen LogP contribution is -2.16. The van der Waals surface area contributed by atoms with Crippen molar-refractivity contribution in [1.29, 1.82) is 0 Å². The van der Waals surface area contributed by atoms with Gasteiger partial charge in [0.25, 0.3) is 0 Å². The summed E-state index contributed by atoms with van der Waals surface area (Å²) in [5, 5.41) is 3.39. The number of rotatable bonds is 13. The number of hydrogen-bond donors (Lipinski definition) is 1. The zero-order chi connectivity index (χ0) is 15.2. The van der Waals surface area contributed by atoms with E-state index in [1.165, 1.54) is 5.56 Å². The first-order valence-corrected chi connectivity index (χ1v) is 7.95. The smallest absolute Gasteiger partial charge is 0.123 e. The van der Waals surface area contributed by atoms with E-state index in [1.54, 1.807) is 0 Å². The van der Waals surface area contributed by atoms with E-state index in [0.29, 0.717) is 26.4 Å². The molecule has 0 radical (unpaired) electrons. The van der Waals surface area contributed by atoms with Crippen LogP contribution in [-0.4, -0.2) is 39.6 Å². The van der Waals surface area contributed by atoms with Crippen LogP contribution in [0, 0.1) is 0 Å². The van der Waals surface area contributed by atoms with Gasteiger partial charge in [0.2, 0.25) is 0 Å². The first-order valence-electron chi connectivity index (χ1n) is 7.95. The van der Waals surface area contributed by atoms with Gasteiger partial charge < -0.3 is 19.5 Å². The first kappa shape index (κ1) is 18.0. The lowest BCUT2D eigenvalue weighted by Gasteiger charge is -2.12. The van der Waals surface area contributed by atoms with Gasteiger partial charge in [0.15, 0.2) is 0 Å². The molecular weight excluding hydrogens is 266 g/mol. The summed E-state index contributed by atoms with van der Waals surface area (Å²) >= 11 is 0. The molecule has 0 aliphatic carbocycles. The van der Waals surface area contributed by atoms with E-state index in [2.05, 4.69) is 25.2 Å². The van der Waals surface area contributed by atoms with Crippen molar-refractivity contribution in [3.63, 3.8) is 0 Å². The van der Waals surface area contributed by atoms with Crippen molar-refractivity contribution in [1.82, 2.24) is 5.32 Å². The second kappa shape index (κ2) is 12.6. The molecule has 1 aromatic rings. The Balaban J connectivity index is 2.16. The number of para-hydroxylation sites is 1. The molecule has 0 bridgehead atoms. The second-order valence-electron chi connectivity index (χ2n) is 4.86. The second-order valence-corrected chi connectivity index (χ2v) is 4.86. The summed E-state index contributed by atoms with van der Waals surface area (Å²) in [6.07, 6.45) is 2.18. The lowest BCUT2D eigenvalue weighted by atomic mass is 10.2. The molecule has 0 unspecified atom stereocenters. The number of ether oxygens (including phenoxy) is 3. The fourth-order valence-corrected chi connectivity index (χ4v) is 1.87. The third kappa shape index (κ3) is 8.71. The highest BCUT2D eigenvalue weighted by molar-refractivity contribution is 5.33. The van der Waals surface area contributed by atoms with Crippen LogP contribution in [0.4, 0.5) is 0 Å². The number of benzene rings is 1. The van der Waals surface area contributed by atoms with Gasteiger partial charge in [-0.15, -0.1) is 0 Å². The van der Waals surface area contributed by atoms with Crippen molar-refractivity contribution in [2.24, 2.45) is 0 Å². The van der Waals surface area contributed by atoms with Crippen LogP contribution in [0.1, 0.15) is 32.3 Å². The minimum atomic E-state index is 0.568. The molecule has 4 heteroatoms. The van der Waals surface area contributed by atoms with Gasteiger partial charge in [-0.05, 0) is 25.5 Å². The van der Waals surface area contributed by atoms with Crippen molar-refractivity contribution in [2.75, 3.05) is 39.6 Å². The SMILES string of the molecule is CCCNCc1ccccc1OCCOCCOCCC. The predicted octanol–water partition coefficient (Wildman–Crippen LogP) is 3.01. The molecule has 0 aliphatic heterocycles. The molecule has 120 valence electrons. The van der Waals surface area contributed by atoms with Gasteiger partial charge in [0, 0.05) is 18.7 Å². The number of hydrogen-bond acceptors (Lipinski definition) is 4. The lowest BCUT2D eigenvalue weighted by molar-refractivity contribution is 0.0365. The van der Waals surface area contributed by atoms with E-state index in [9.17, 15) is 0 Å². The van der Waals surface area contributed by atoms with Crippen LogP contribution in [-0.2, 0) is 16.0 Å². The number of nitrogens with one attached hydrogen (secondary N) is 1. The average Bonchev–Trinajstić information content (AvgIpc) is 2.51. The molecule has 1 N–H and O–H groups in total. The van der Waals surface area contributed by atoms with Crippen LogP contribution >= 0.6 is 0 Å². The molecule has 21 heavy (non-hydrogen) atoms. The van der Waals surface area contributed by atoms with Crippen molar-refractivity contribution >= 4 is 0 Å². The zero-order valence-corrected chi connectivity index (χ0v) is 13.4. The van der Waals surface area contributed by atoms with Crippen LogP contribution < -0.4 is 10.1 Å². The quantitative estimate of drug-likeness (QED) is 0.568. The molecule has 0 fully saturated rings. The van der Waals surface area contributed by atoms with E-state index in [1.807, 2.05) is 18.2 Å². The van der Waals surface area contributed by atoms with Crippen LogP contribution in [0.2, 0.25) is 0 Å². The molecular formula is C17H29NO3. The average molecular weight is 295 g/mol. The van der Waals surface area contributed by atoms with E-state index >= 15 is 0 Å². The Bertz CT molecular complexity index is 358. The summed E-state index contributed by atoms with van der Waals surface area (Å²) in [6, 6.07) is 8.14. The van der Waals surface area contributed by atoms with Gasteiger partial charge in [-0.25, -0.2) is 0 Å². The molecule has 0 amide bonds. The molecule has 0 spiro atoms. The minimum Gasteiger partial charge on any atom is -0.491 e. The maximum Gasteiger partial charge on any atom is 0.123 e. The van der Waals surface area contributed by atoms with Gasteiger partial charge in [0.05, 0.1) is 19.8 Å². The summed E-state index contributed by atoms with van der Waals surface area (Å²) in [5.41, 5.74) is 1.19. The normalized spacial score (nSPS) is 10.8. The summed E-state index contributed by atoms with van der Waals surface area (Å²) < 4.78 is 16.6. The Morgan fingerprint density at radius 2 is 1.57 bits per heavy atom. The van der Waals surface area contributed by atoms with E-state index in [-0.39, 0.29) is 0 Å². The van der Waals surface area contributed by atoms with Gasteiger partial charge in [0.1, 0.15) is 12.4 Å². The Morgan fingerprint density at radius 3 is 2.33 bits per heavy atom. The summed E-state index contributed by atoms with van der Waals surface area (Å²) in [5.74, 6) is 0.937. The Morgan fingerprint density at radius 1 is 0.857 bits per heavy atom. The fourth-order valence-electron chi connectivity index (χ4n) is 1.87. The summed E-state index contributed by atoms with van der Waals surface area (Å²) in [4.78, 5) is 0. The van der Waals surface area contributed by atoms with E-state index < -0.39 is 0 Å². The van der Waals surface area contributed by atoms with E-state index in [4.69, 9.17) is 14.2 Å². The van der Waals surface area contributed by atoms with Gasteiger partial charge in [-0.1, -0.05) is 32.0 Å².